The number of halogens is 2. The maximum absolute atomic E-state index is 13.1. The number of rotatable bonds is 5. The molecule has 1 aromatic rings. The fourth-order valence-electron chi connectivity index (χ4n) is 1.75. The number of hydrogen-bond acceptors (Lipinski definition) is 3. The van der Waals surface area contributed by atoms with E-state index in [9.17, 15) is 18.4 Å². The lowest BCUT2D eigenvalue weighted by molar-refractivity contribution is -0.121. The Morgan fingerprint density at radius 2 is 1.91 bits per heavy atom. The quantitative estimate of drug-likeness (QED) is 0.873. The fraction of sp³-hybridized carbons (Fsp3) is 0.467. The molecule has 122 valence electrons. The molecule has 0 saturated heterocycles. The molecule has 0 aliphatic heterocycles. The Morgan fingerprint density at radius 1 is 1.27 bits per heavy atom. The zero-order chi connectivity index (χ0) is 16.9. The van der Waals surface area contributed by atoms with Crippen LogP contribution in [-0.4, -0.2) is 24.1 Å². The van der Waals surface area contributed by atoms with Gasteiger partial charge in [0, 0.05) is 6.54 Å². The van der Waals surface area contributed by atoms with Crippen molar-refractivity contribution in [3.8, 4) is 0 Å². The van der Waals surface area contributed by atoms with Crippen molar-refractivity contribution in [1.82, 2.24) is 5.32 Å². The summed E-state index contributed by atoms with van der Waals surface area (Å²) in [4.78, 5) is 23.0. The number of alkyl carbamates (subject to hydrolysis) is 1. The third kappa shape index (κ3) is 6.07. The van der Waals surface area contributed by atoms with E-state index in [1.165, 1.54) is 6.07 Å². The van der Waals surface area contributed by atoms with E-state index in [-0.39, 0.29) is 13.0 Å². The van der Waals surface area contributed by atoms with Gasteiger partial charge in [0.1, 0.15) is 5.60 Å². The van der Waals surface area contributed by atoms with Crippen molar-refractivity contribution in [2.45, 2.75) is 32.8 Å². The van der Waals surface area contributed by atoms with Crippen LogP contribution < -0.4 is 11.1 Å². The summed E-state index contributed by atoms with van der Waals surface area (Å²) in [5.41, 5.74) is 5.02. The van der Waals surface area contributed by atoms with Crippen LogP contribution >= 0.6 is 0 Å². The van der Waals surface area contributed by atoms with Crippen LogP contribution in [0.1, 0.15) is 26.3 Å². The number of nitrogens with one attached hydrogen (secondary N) is 1. The molecule has 0 aromatic heterocycles. The van der Waals surface area contributed by atoms with Crippen LogP contribution in [0.5, 0.6) is 0 Å². The van der Waals surface area contributed by atoms with E-state index in [0.29, 0.717) is 5.56 Å². The predicted molar refractivity (Wildman–Crippen MR) is 77.0 cm³/mol. The minimum absolute atomic E-state index is 0.0523. The summed E-state index contributed by atoms with van der Waals surface area (Å²) in [5, 5.41) is 2.44. The molecule has 1 rings (SSSR count). The Labute approximate surface area is 127 Å². The van der Waals surface area contributed by atoms with Gasteiger partial charge in [0.25, 0.3) is 0 Å². The summed E-state index contributed by atoms with van der Waals surface area (Å²) in [5.74, 6) is -3.37. The van der Waals surface area contributed by atoms with Crippen molar-refractivity contribution in [3.63, 3.8) is 0 Å². The number of hydrogen-bond donors (Lipinski definition) is 2. The van der Waals surface area contributed by atoms with E-state index in [0.717, 1.165) is 12.1 Å². The highest BCUT2D eigenvalue weighted by Gasteiger charge is 2.21. The molecule has 0 fully saturated rings. The topological polar surface area (TPSA) is 81.4 Å². The Morgan fingerprint density at radius 3 is 2.41 bits per heavy atom. The summed E-state index contributed by atoms with van der Waals surface area (Å²) < 4.78 is 31.1. The van der Waals surface area contributed by atoms with Crippen LogP contribution in [0.3, 0.4) is 0 Å². The molecule has 0 aliphatic rings. The van der Waals surface area contributed by atoms with Crippen LogP contribution in [0.4, 0.5) is 13.6 Å². The molecular formula is C15H20F2N2O3. The largest absolute Gasteiger partial charge is 0.444 e. The minimum atomic E-state index is -0.999. The summed E-state index contributed by atoms with van der Waals surface area (Å²) in [6, 6.07) is 3.34. The van der Waals surface area contributed by atoms with E-state index >= 15 is 0 Å². The average Bonchev–Trinajstić information content (AvgIpc) is 2.36. The van der Waals surface area contributed by atoms with Gasteiger partial charge in [0.15, 0.2) is 11.6 Å². The van der Waals surface area contributed by atoms with Crippen LogP contribution in [0.2, 0.25) is 0 Å². The van der Waals surface area contributed by atoms with E-state index in [4.69, 9.17) is 10.5 Å². The summed E-state index contributed by atoms with van der Waals surface area (Å²) in [6.45, 7) is 5.07. The van der Waals surface area contributed by atoms with E-state index in [1.54, 1.807) is 20.8 Å². The Kier molecular flexibility index (Phi) is 5.84. The molecule has 3 N–H and O–H groups in total. The first-order valence-corrected chi connectivity index (χ1v) is 6.78. The molecule has 0 aliphatic carbocycles. The molecule has 0 bridgehead atoms. The molecule has 1 aromatic carbocycles. The Hall–Kier alpha value is -2.18. The highest BCUT2D eigenvalue weighted by molar-refractivity contribution is 5.78. The van der Waals surface area contributed by atoms with Gasteiger partial charge in [-0.3, -0.25) is 4.79 Å². The number of primary amides is 1. The lowest BCUT2D eigenvalue weighted by Crippen LogP contribution is -2.39. The van der Waals surface area contributed by atoms with Crippen molar-refractivity contribution in [2.24, 2.45) is 11.7 Å². The second kappa shape index (κ2) is 7.20. The first-order valence-electron chi connectivity index (χ1n) is 6.78. The number of amides is 2. The number of ether oxygens (including phenoxy) is 1. The number of carbonyl (C=O) groups excluding carboxylic acids is 2. The average molecular weight is 314 g/mol. The molecule has 7 heteroatoms. The van der Waals surface area contributed by atoms with Gasteiger partial charge >= 0.3 is 6.09 Å². The molecule has 2 amide bonds. The lowest BCUT2D eigenvalue weighted by atomic mass is 9.98. The molecular weight excluding hydrogens is 294 g/mol. The standard InChI is InChI=1S/C15H20F2N2O3/c1-15(2,3)22-14(21)19-8-10(13(18)20)6-9-4-5-11(16)12(17)7-9/h4-5,7,10H,6,8H2,1-3H3,(H2,18,20)(H,19,21). The molecule has 5 nitrogen and oxygen atoms in total. The van der Waals surface area contributed by atoms with Crippen LogP contribution in [0.15, 0.2) is 18.2 Å². The molecule has 1 atom stereocenters. The maximum Gasteiger partial charge on any atom is 0.407 e. The van der Waals surface area contributed by atoms with E-state index < -0.39 is 35.2 Å². The highest BCUT2D eigenvalue weighted by Crippen LogP contribution is 2.13. The van der Waals surface area contributed by atoms with Gasteiger partial charge in [0.05, 0.1) is 5.92 Å². The number of carbonyl (C=O) groups is 2. The van der Waals surface area contributed by atoms with Gasteiger partial charge in [-0.25, -0.2) is 13.6 Å². The normalized spacial score (nSPS) is 12.6. The van der Waals surface area contributed by atoms with Crippen molar-refractivity contribution in [3.05, 3.63) is 35.4 Å². The number of nitrogens with two attached hydrogens (primary N) is 1. The molecule has 0 spiro atoms. The SMILES string of the molecule is CC(C)(C)OC(=O)NCC(Cc1ccc(F)c(F)c1)C(N)=O. The molecule has 0 radical (unpaired) electrons. The van der Waals surface area contributed by atoms with Crippen LogP contribution in [0.25, 0.3) is 0 Å². The molecule has 22 heavy (non-hydrogen) atoms. The second-order valence-corrected chi connectivity index (χ2v) is 5.93. The smallest absolute Gasteiger partial charge is 0.407 e. The van der Waals surface area contributed by atoms with Gasteiger partial charge in [-0.1, -0.05) is 6.07 Å². The third-order valence-corrected chi connectivity index (χ3v) is 2.76. The summed E-state index contributed by atoms with van der Waals surface area (Å²) in [7, 11) is 0. The van der Waals surface area contributed by atoms with Gasteiger partial charge in [-0.15, -0.1) is 0 Å². The zero-order valence-corrected chi connectivity index (χ0v) is 12.8. The minimum Gasteiger partial charge on any atom is -0.444 e. The van der Waals surface area contributed by atoms with Crippen molar-refractivity contribution in [1.29, 1.82) is 0 Å². The van der Waals surface area contributed by atoms with Gasteiger partial charge < -0.3 is 15.8 Å². The Bertz CT molecular complexity index is 556. The van der Waals surface area contributed by atoms with Crippen LogP contribution in [-0.2, 0) is 16.0 Å². The maximum atomic E-state index is 13.1. The second-order valence-electron chi connectivity index (χ2n) is 5.93. The zero-order valence-electron chi connectivity index (χ0n) is 12.8. The molecule has 0 saturated carbocycles. The third-order valence-electron chi connectivity index (χ3n) is 2.76. The lowest BCUT2D eigenvalue weighted by Gasteiger charge is -2.21. The molecule has 0 heterocycles. The van der Waals surface area contributed by atoms with Crippen LogP contribution in [0, 0.1) is 17.6 Å². The Balaban J connectivity index is 2.64. The van der Waals surface area contributed by atoms with Crippen molar-refractivity contribution >= 4 is 12.0 Å². The molecule has 1 unspecified atom stereocenters. The first kappa shape index (κ1) is 17.9. The summed E-state index contributed by atoms with van der Waals surface area (Å²) in [6.07, 6.45) is -0.591. The van der Waals surface area contributed by atoms with E-state index in [2.05, 4.69) is 5.32 Å². The summed E-state index contributed by atoms with van der Waals surface area (Å²) >= 11 is 0. The predicted octanol–water partition coefficient (Wildman–Crippen LogP) is 2.13. The first-order chi connectivity index (χ1) is 10.1. The monoisotopic (exact) mass is 314 g/mol. The highest BCUT2D eigenvalue weighted by atomic mass is 19.2. The van der Waals surface area contributed by atoms with Gasteiger partial charge in [-0.05, 0) is 44.9 Å². The van der Waals surface area contributed by atoms with E-state index in [1.807, 2.05) is 0 Å². The number of benzene rings is 1. The van der Waals surface area contributed by atoms with Gasteiger partial charge in [-0.2, -0.15) is 0 Å². The van der Waals surface area contributed by atoms with Crippen molar-refractivity contribution in [2.75, 3.05) is 6.54 Å². The van der Waals surface area contributed by atoms with Gasteiger partial charge in [0.2, 0.25) is 5.91 Å². The van der Waals surface area contributed by atoms with Crippen molar-refractivity contribution < 1.29 is 23.1 Å². The fourth-order valence-corrected chi connectivity index (χ4v) is 1.75.